The van der Waals surface area contributed by atoms with Gasteiger partial charge in [-0.2, -0.15) is 0 Å². The van der Waals surface area contributed by atoms with Crippen molar-refractivity contribution in [1.82, 2.24) is 9.88 Å². The number of carbonyl (C=O) groups excluding carboxylic acids is 1. The predicted octanol–water partition coefficient (Wildman–Crippen LogP) is 3.47. The highest BCUT2D eigenvalue weighted by Gasteiger charge is 2.13. The summed E-state index contributed by atoms with van der Waals surface area (Å²) in [7, 11) is 1.84. The molecule has 0 unspecified atom stereocenters. The largest absolute Gasteiger partial charge is 0.341 e. The minimum absolute atomic E-state index is 0.106. The van der Waals surface area contributed by atoms with E-state index in [1.807, 2.05) is 42.8 Å². The Hall–Kier alpha value is -1.68. The van der Waals surface area contributed by atoms with Crippen molar-refractivity contribution < 1.29 is 4.79 Å². The van der Waals surface area contributed by atoms with Gasteiger partial charge in [-0.3, -0.25) is 4.79 Å². The van der Waals surface area contributed by atoms with Gasteiger partial charge in [0.25, 0.3) is 0 Å². The summed E-state index contributed by atoms with van der Waals surface area (Å²) < 4.78 is 0. The van der Waals surface area contributed by atoms with Crippen LogP contribution in [-0.4, -0.2) is 22.8 Å². The van der Waals surface area contributed by atoms with Gasteiger partial charge in [-0.1, -0.05) is 44.2 Å². The van der Waals surface area contributed by atoms with Gasteiger partial charge >= 0.3 is 0 Å². The molecule has 1 aromatic heterocycles. The molecule has 0 saturated carbocycles. The second-order valence-electron chi connectivity index (χ2n) is 5.24. The van der Waals surface area contributed by atoms with Gasteiger partial charge in [-0.05, 0) is 5.56 Å². The smallest absolute Gasteiger partial charge is 0.228 e. The van der Waals surface area contributed by atoms with E-state index in [1.54, 1.807) is 16.2 Å². The first-order valence-corrected chi connectivity index (χ1v) is 7.66. The Balaban J connectivity index is 1.93. The molecule has 106 valence electrons. The van der Waals surface area contributed by atoms with Crippen LogP contribution in [-0.2, 0) is 17.8 Å². The summed E-state index contributed by atoms with van der Waals surface area (Å²) in [5.74, 6) is 0.528. The van der Waals surface area contributed by atoms with Crippen LogP contribution in [0.25, 0.3) is 0 Å². The van der Waals surface area contributed by atoms with Crippen LogP contribution in [0.2, 0.25) is 0 Å². The number of carbonyl (C=O) groups is 1. The first-order valence-electron chi connectivity index (χ1n) is 6.78. The van der Waals surface area contributed by atoms with E-state index in [0.717, 1.165) is 16.3 Å². The molecule has 1 aromatic carbocycles. The average molecular weight is 288 g/mol. The van der Waals surface area contributed by atoms with Crippen LogP contribution in [0, 0.1) is 0 Å². The lowest BCUT2D eigenvalue weighted by Gasteiger charge is -2.16. The van der Waals surface area contributed by atoms with Gasteiger partial charge < -0.3 is 4.90 Å². The Morgan fingerprint density at radius 1 is 1.30 bits per heavy atom. The van der Waals surface area contributed by atoms with Crippen LogP contribution in [0.3, 0.4) is 0 Å². The molecule has 0 aliphatic heterocycles. The van der Waals surface area contributed by atoms with Crippen molar-refractivity contribution in [1.29, 1.82) is 0 Å². The van der Waals surface area contributed by atoms with Crippen molar-refractivity contribution >= 4 is 17.2 Å². The van der Waals surface area contributed by atoms with Gasteiger partial charge in [0.15, 0.2) is 0 Å². The van der Waals surface area contributed by atoms with Gasteiger partial charge in [0.2, 0.25) is 5.91 Å². The maximum Gasteiger partial charge on any atom is 0.228 e. The fourth-order valence-corrected chi connectivity index (χ4v) is 2.74. The number of amides is 1. The average Bonchev–Trinajstić information content (AvgIpc) is 2.88. The minimum atomic E-state index is 0.106. The molecule has 0 saturated heterocycles. The Labute approximate surface area is 124 Å². The van der Waals surface area contributed by atoms with Crippen LogP contribution in [0.15, 0.2) is 35.7 Å². The zero-order chi connectivity index (χ0) is 14.5. The molecule has 0 N–H and O–H groups in total. The Kier molecular flexibility index (Phi) is 4.90. The lowest BCUT2D eigenvalue weighted by molar-refractivity contribution is -0.129. The Morgan fingerprint density at radius 3 is 2.60 bits per heavy atom. The first kappa shape index (κ1) is 14.7. The van der Waals surface area contributed by atoms with E-state index in [2.05, 4.69) is 18.8 Å². The quantitative estimate of drug-likeness (QED) is 0.844. The molecule has 2 aromatic rings. The van der Waals surface area contributed by atoms with E-state index >= 15 is 0 Å². The molecule has 4 heteroatoms. The van der Waals surface area contributed by atoms with Gasteiger partial charge in [0, 0.05) is 24.9 Å². The maximum absolute atomic E-state index is 12.2. The number of rotatable bonds is 5. The molecule has 3 nitrogen and oxygen atoms in total. The van der Waals surface area contributed by atoms with Gasteiger partial charge in [-0.25, -0.2) is 4.98 Å². The third-order valence-corrected chi connectivity index (χ3v) is 4.28. The number of nitrogens with zero attached hydrogens (tertiary/aromatic N) is 2. The lowest BCUT2D eigenvalue weighted by Crippen LogP contribution is -2.27. The Bertz CT molecular complexity index is 563. The number of benzene rings is 1. The van der Waals surface area contributed by atoms with Gasteiger partial charge in [0.1, 0.15) is 0 Å². The third kappa shape index (κ3) is 3.90. The van der Waals surface area contributed by atoms with E-state index in [9.17, 15) is 4.79 Å². The number of hydrogen-bond donors (Lipinski definition) is 0. The zero-order valence-electron chi connectivity index (χ0n) is 12.2. The van der Waals surface area contributed by atoms with Crippen molar-refractivity contribution in [3.63, 3.8) is 0 Å². The van der Waals surface area contributed by atoms with Crippen LogP contribution in [0.4, 0.5) is 0 Å². The topological polar surface area (TPSA) is 33.2 Å². The molecule has 2 rings (SSSR count). The minimum Gasteiger partial charge on any atom is -0.341 e. The molecule has 0 bridgehead atoms. The number of hydrogen-bond acceptors (Lipinski definition) is 3. The molecule has 0 aliphatic rings. The van der Waals surface area contributed by atoms with Crippen molar-refractivity contribution in [2.45, 2.75) is 32.7 Å². The normalized spacial score (nSPS) is 10.8. The lowest BCUT2D eigenvalue weighted by atomic mass is 10.2. The summed E-state index contributed by atoms with van der Waals surface area (Å²) in [6.07, 6.45) is 0.382. The van der Waals surface area contributed by atoms with Crippen LogP contribution in [0.1, 0.15) is 36.0 Å². The van der Waals surface area contributed by atoms with Gasteiger partial charge in [-0.15, -0.1) is 11.3 Å². The van der Waals surface area contributed by atoms with Crippen molar-refractivity contribution in [3.05, 3.63) is 52.0 Å². The highest BCUT2D eigenvalue weighted by atomic mass is 32.1. The summed E-state index contributed by atoms with van der Waals surface area (Å²) in [4.78, 5) is 18.5. The molecule has 20 heavy (non-hydrogen) atoms. The Morgan fingerprint density at radius 2 is 2.00 bits per heavy atom. The molecular formula is C16H20N2OS. The van der Waals surface area contributed by atoms with E-state index in [1.165, 1.54) is 0 Å². The monoisotopic (exact) mass is 288 g/mol. The zero-order valence-corrected chi connectivity index (χ0v) is 13.0. The van der Waals surface area contributed by atoms with Gasteiger partial charge in [0.05, 0.1) is 17.1 Å². The molecule has 0 fully saturated rings. The molecule has 0 atom stereocenters. The highest BCUT2D eigenvalue weighted by Crippen LogP contribution is 2.19. The SMILES string of the molecule is CC(C)c1nc(CC(=O)N(C)Cc2ccccc2)cs1. The van der Waals surface area contributed by atoms with Crippen LogP contribution in [0.5, 0.6) is 0 Å². The molecule has 1 amide bonds. The van der Waals surface area contributed by atoms with Crippen molar-refractivity contribution in [3.8, 4) is 0 Å². The van der Waals surface area contributed by atoms with E-state index in [-0.39, 0.29) is 5.91 Å². The van der Waals surface area contributed by atoms with Crippen molar-refractivity contribution in [2.24, 2.45) is 0 Å². The van der Waals surface area contributed by atoms with E-state index < -0.39 is 0 Å². The highest BCUT2D eigenvalue weighted by molar-refractivity contribution is 7.09. The predicted molar refractivity (Wildman–Crippen MR) is 82.8 cm³/mol. The molecule has 0 spiro atoms. The number of likely N-dealkylation sites (N-methyl/N-ethyl adjacent to an activating group) is 1. The summed E-state index contributed by atoms with van der Waals surface area (Å²) in [5, 5.41) is 3.09. The van der Waals surface area contributed by atoms with Crippen LogP contribution < -0.4 is 0 Å². The first-order chi connectivity index (χ1) is 9.56. The second-order valence-corrected chi connectivity index (χ2v) is 6.13. The van der Waals surface area contributed by atoms with E-state index in [0.29, 0.717) is 18.9 Å². The molecule has 1 heterocycles. The van der Waals surface area contributed by atoms with E-state index in [4.69, 9.17) is 0 Å². The number of thiazole rings is 1. The fourth-order valence-electron chi connectivity index (χ4n) is 1.90. The third-order valence-electron chi connectivity index (χ3n) is 3.08. The van der Waals surface area contributed by atoms with Crippen molar-refractivity contribution in [2.75, 3.05) is 7.05 Å². The van der Waals surface area contributed by atoms with Crippen LogP contribution >= 0.6 is 11.3 Å². The second kappa shape index (κ2) is 6.66. The molecular weight excluding hydrogens is 268 g/mol. The maximum atomic E-state index is 12.2. The molecule has 0 radical (unpaired) electrons. The summed E-state index contributed by atoms with van der Waals surface area (Å²) in [6, 6.07) is 10.0. The summed E-state index contributed by atoms with van der Waals surface area (Å²) in [6.45, 7) is 4.87. The number of aromatic nitrogens is 1. The summed E-state index contributed by atoms with van der Waals surface area (Å²) >= 11 is 1.63. The summed E-state index contributed by atoms with van der Waals surface area (Å²) in [5.41, 5.74) is 2.02. The fraction of sp³-hybridized carbons (Fsp3) is 0.375. The standard InChI is InChI=1S/C16H20N2OS/c1-12(2)16-17-14(11-20-16)9-15(19)18(3)10-13-7-5-4-6-8-13/h4-8,11-12H,9-10H2,1-3H3. The molecule has 0 aliphatic carbocycles.